The summed E-state index contributed by atoms with van der Waals surface area (Å²) in [5.41, 5.74) is 4.42. The lowest BCUT2D eigenvalue weighted by atomic mass is 9.94. The molecule has 1 N–H and O–H groups in total. The van der Waals surface area contributed by atoms with E-state index in [0.717, 1.165) is 6.54 Å². The summed E-state index contributed by atoms with van der Waals surface area (Å²) < 4.78 is 0. The molecule has 16 heavy (non-hydrogen) atoms. The molecule has 0 unspecified atom stereocenters. The maximum atomic E-state index is 3.68. The van der Waals surface area contributed by atoms with Gasteiger partial charge < -0.3 is 5.32 Å². The number of hydrogen-bond acceptors (Lipinski definition) is 1. The van der Waals surface area contributed by atoms with Crippen LogP contribution in [0.1, 0.15) is 50.3 Å². The van der Waals surface area contributed by atoms with Gasteiger partial charge in [-0.15, -0.1) is 0 Å². The van der Waals surface area contributed by atoms with Gasteiger partial charge in [0, 0.05) is 12.1 Å². The first-order valence-electron chi connectivity index (χ1n) is 6.32. The summed E-state index contributed by atoms with van der Waals surface area (Å²) in [6, 6.07) is 6.67. The minimum Gasteiger partial charge on any atom is -0.307 e. The van der Waals surface area contributed by atoms with Crippen LogP contribution in [0.4, 0.5) is 0 Å². The summed E-state index contributed by atoms with van der Waals surface area (Å²) in [7, 11) is 0. The van der Waals surface area contributed by atoms with Crippen molar-refractivity contribution in [3.63, 3.8) is 0 Å². The van der Waals surface area contributed by atoms with Gasteiger partial charge in [0.25, 0.3) is 0 Å². The van der Waals surface area contributed by atoms with Crippen LogP contribution in [0.15, 0.2) is 18.2 Å². The minimum atomic E-state index is 0.274. The Labute approximate surface area is 100 Å². The Morgan fingerprint density at radius 3 is 2.31 bits per heavy atom. The number of aryl methyl sites for hydroxylation is 2. The SMILES string of the molecule is CCC(C)(CC)NCc1cc(C)ccc1C. The molecule has 0 bridgehead atoms. The van der Waals surface area contributed by atoms with E-state index in [4.69, 9.17) is 0 Å². The van der Waals surface area contributed by atoms with Crippen molar-refractivity contribution in [3.05, 3.63) is 34.9 Å². The van der Waals surface area contributed by atoms with E-state index in [-0.39, 0.29) is 5.54 Å². The lowest BCUT2D eigenvalue weighted by Crippen LogP contribution is -2.40. The first kappa shape index (κ1) is 13.2. The molecule has 1 aromatic carbocycles. The standard InChI is InChI=1S/C15H25N/c1-6-15(5,7-2)16-11-14-10-12(3)8-9-13(14)4/h8-10,16H,6-7,11H2,1-5H3. The van der Waals surface area contributed by atoms with Crippen LogP contribution in [0.3, 0.4) is 0 Å². The molecule has 0 heterocycles. The quantitative estimate of drug-likeness (QED) is 0.790. The van der Waals surface area contributed by atoms with Crippen LogP contribution in [-0.2, 0) is 6.54 Å². The summed E-state index contributed by atoms with van der Waals surface area (Å²) in [6.45, 7) is 12.1. The predicted molar refractivity (Wildman–Crippen MR) is 71.7 cm³/mol. The van der Waals surface area contributed by atoms with Gasteiger partial charge in [-0.3, -0.25) is 0 Å². The predicted octanol–water partition coefficient (Wildman–Crippen LogP) is 3.97. The second-order valence-corrected chi connectivity index (χ2v) is 5.05. The molecule has 0 fully saturated rings. The highest BCUT2D eigenvalue weighted by atomic mass is 15.0. The number of nitrogens with one attached hydrogen (secondary N) is 1. The zero-order valence-corrected chi connectivity index (χ0v) is 11.4. The highest BCUT2D eigenvalue weighted by molar-refractivity contribution is 5.30. The van der Waals surface area contributed by atoms with E-state index in [2.05, 4.69) is 58.1 Å². The second-order valence-electron chi connectivity index (χ2n) is 5.05. The van der Waals surface area contributed by atoms with Crippen molar-refractivity contribution in [2.45, 2.75) is 59.5 Å². The van der Waals surface area contributed by atoms with Crippen molar-refractivity contribution in [2.75, 3.05) is 0 Å². The molecule has 0 aromatic heterocycles. The fraction of sp³-hybridized carbons (Fsp3) is 0.600. The zero-order chi connectivity index (χ0) is 12.2. The largest absolute Gasteiger partial charge is 0.307 e. The van der Waals surface area contributed by atoms with Crippen LogP contribution in [0.25, 0.3) is 0 Å². The molecule has 0 saturated heterocycles. The van der Waals surface area contributed by atoms with Crippen LogP contribution in [-0.4, -0.2) is 5.54 Å². The fourth-order valence-corrected chi connectivity index (χ4v) is 1.80. The van der Waals surface area contributed by atoms with Crippen LogP contribution in [0.5, 0.6) is 0 Å². The van der Waals surface area contributed by atoms with Crippen LogP contribution >= 0.6 is 0 Å². The highest BCUT2D eigenvalue weighted by Crippen LogP contribution is 2.16. The average molecular weight is 219 g/mol. The van der Waals surface area contributed by atoms with Gasteiger partial charge in [-0.1, -0.05) is 37.6 Å². The Balaban J connectivity index is 2.70. The third kappa shape index (κ3) is 3.34. The topological polar surface area (TPSA) is 12.0 Å². The summed E-state index contributed by atoms with van der Waals surface area (Å²) in [6.07, 6.45) is 2.35. The van der Waals surface area contributed by atoms with E-state index in [9.17, 15) is 0 Å². The summed E-state index contributed by atoms with van der Waals surface area (Å²) in [5.74, 6) is 0. The van der Waals surface area contributed by atoms with Gasteiger partial charge in [-0.2, -0.15) is 0 Å². The molecule has 0 aliphatic carbocycles. The lowest BCUT2D eigenvalue weighted by molar-refractivity contribution is 0.329. The monoisotopic (exact) mass is 219 g/mol. The van der Waals surface area contributed by atoms with Crippen molar-refractivity contribution in [3.8, 4) is 0 Å². The van der Waals surface area contributed by atoms with Crippen molar-refractivity contribution >= 4 is 0 Å². The van der Waals surface area contributed by atoms with Gasteiger partial charge in [0.1, 0.15) is 0 Å². The first-order valence-corrected chi connectivity index (χ1v) is 6.32. The maximum Gasteiger partial charge on any atom is 0.0213 e. The average Bonchev–Trinajstić information content (AvgIpc) is 2.30. The van der Waals surface area contributed by atoms with Crippen molar-refractivity contribution in [2.24, 2.45) is 0 Å². The molecule has 1 heteroatoms. The molecule has 90 valence electrons. The molecule has 0 aliphatic rings. The highest BCUT2D eigenvalue weighted by Gasteiger charge is 2.18. The van der Waals surface area contributed by atoms with E-state index >= 15 is 0 Å². The Morgan fingerprint density at radius 2 is 1.75 bits per heavy atom. The molecule has 1 rings (SSSR count). The van der Waals surface area contributed by atoms with Gasteiger partial charge in [0.2, 0.25) is 0 Å². The van der Waals surface area contributed by atoms with E-state index in [1.807, 2.05) is 0 Å². The van der Waals surface area contributed by atoms with Crippen molar-refractivity contribution < 1.29 is 0 Å². The molecular formula is C15H25N. The molecule has 0 radical (unpaired) electrons. The van der Waals surface area contributed by atoms with Gasteiger partial charge in [-0.05, 0) is 44.7 Å². The van der Waals surface area contributed by atoms with Crippen LogP contribution in [0, 0.1) is 13.8 Å². The van der Waals surface area contributed by atoms with Crippen molar-refractivity contribution in [1.82, 2.24) is 5.32 Å². The van der Waals surface area contributed by atoms with Crippen LogP contribution in [0.2, 0.25) is 0 Å². The molecule has 0 amide bonds. The second kappa shape index (κ2) is 5.49. The first-order chi connectivity index (χ1) is 7.50. The number of benzene rings is 1. The van der Waals surface area contributed by atoms with Crippen LogP contribution < -0.4 is 5.32 Å². The number of rotatable bonds is 5. The van der Waals surface area contributed by atoms with Gasteiger partial charge in [0.15, 0.2) is 0 Å². The molecule has 0 saturated carbocycles. The number of hydrogen-bond donors (Lipinski definition) is 1. The minimum absolute atomic E-state index is 0.274. The third-order valence-corrected chi connectivity index (χ3v) is 3.77. The third-order valence-electron chi connectivity index (χ3n) is 3.77. The van der Waals surface area contributed by atoms with E-state index in [1.54, 1.807) is 0 Å². The van der Waals surface area contributed by atoms with Gasteiger partial charge in [0.05, 0.1) is 0 Å². The van der Waals surface area contributed by atoms with Gasteiger partial charge >= 0.3 is 0 Å². The molecule has 0 atom stereocenters. The van der Waals surface area contributed by atoms with E-state index < -0.39 is 0 Å². The summed E-state index contributed by atoms with van der Waals surface area (Å²) in [5, 5.41) is 3.68. The lowest BCUT2D eigenvalue weighted by Gasteiger charge is -2.29. The molecule has 1 aromatic rings. The Bertz CT molecular complexity index is 337. The van der Waals surface area contributed by atoms with E-state index in [0.29, 0.717) is 0 Å². The van der Waals surface area contributed by atoms with Gasteiger partial charge in [-0.25, -0.2) is 0 Å². The Morgan fingerprint density at radius 1 is 1.12 bits per heavy atom. The van der Waals surface area contributed by atoms with E-state index in [1.165, 1.54) is 29.5 Å². The smallest absolute Gasteiger partial charge is 0.0213 e. The maximum absolute atomic E-state index is 3.68. The Hall–Kier alpha value is -0.820. The molecule has 1 nitrogen and oxygen atoms in total. The Kier molecular flexibility index (Phi) is 4.55. The summed E-state index contributed by atoms with van der Waals surface area (Å²) >= 11 is 0. The fourth-order valence-electron chi connectivity index (χ4n) is 1.80. The summed E-state index contributed by atoms with van der Waals surface area (Å²) in [4.78, 5) is 0. The van der Waals surface area contributed by atoms with Crippen molar-refractivity contribution in [1.29, 1.82) is 0 Å². The molecule has 0 spiro atoms. The normalized spacial score (nSPS) is 11.8. The molecule has 0 aliphatic heterocycles. The zero-order valence-electron chi connectivity index (χ0n) is 11.4. The molecular weight excluding hydrogens is 194 g/mol.